The van der Waals surface area contributed by atoms with E-state index in [1.807, 2.05) is 23.9 Å². The van der Waals surface area contributed by atoms with Crippen molar-refractivity contribution in [2.24, 2.45) is 12.5 Å². The molecule has 0 amide bonds. The normalized spacial score (nSPS) is 19.8. The van der Waals surface area contributed by atoms with Gasteiger partial charge in [0.1, 0.15) is 10.7 Å². The van der Waals surface area contributed by atoms with Gasteiger partial charge in [-0.1, -0.05) is 5.57 Å². The van der Waals surface area contributed by atoms with Gasteiger partial charge in [-0.2, -0.15) is 14.5 Å². The minimum absolute atomic E-state index is 0.201. The summed E-state index contributed by atoms with van der Waals surface area (Å²) >= 11 is 0. The molecule has 2 aliphatic rings. The number of aryl methyl sites for hydroxylation is 2. The second-order valence-corrected chi connectivity index (χ2v) is 11.9. The maximum absolute atomic E-state index is 13.6. The van der Waals surface area contributed by atoms with Crippen molar-refractivity contribution >= 4 is 16.1 Å². The number of nitrogens with zero attached hydrogens (tertiary/aromatic N) is 6. The third-order valence-corrected chi connectivity index (χ3v) is 9.20. The minimum atomic E-state index is -3.70. The molecule has 1 saturated heterocycles. The molecule has 4 aromatic rings. The Morgan fingerprint density at radius 2 is 1.92 bits per heavy atom. The third kappa shape index (κ3) is 4.19. The molecule has 37 heavy (non-hydrogen) atoms. The summed E-state index contributed by atoms with van der Waals surface area (Å²) in [6.07, 6.45) is 10.6. The number of piperidine rings is 1. The van der Waals surface area contributed by atoms with Crippen molar-refractivity contribution in [1.82, 2.24) is 28.9 Å². The van der Waals surface area contributed by atoms with Crippen molar-refractivity contribution in [2.45, 2.75) is 31.1 Å². The van der Waals surface area contributed by atoms with Crippen molar-refractivity contribution < 1.29 is 12.8 Å². The predicted octanol–water partition coefficient (Wildman–Crippen LogP) is 3.71. The first-order valence-corrected chi connectivity index (χ1v) is 13.6. The van der Waals surface area contributed by atoms with Gasteiger partial charge in [0.05, 0.1) is 23.8 Å². The number of hydrogen-bond donors (Lipinski definition) is 0. The van der Waals surface area contributed by atoms with Crippen molar-refractivity contribution in [3.05, 3.63) is 95.1 Å². The first kappa shape index (κ1) is 23.7. The maximum atomic E-state index is 13.6. The summed E-state index contributed by atoms with van der Waals surface area (Å²) in [7, 11) is -1.99. The summed E-state index contributed by atoms with van der Waals surface area (Å²) in [6.45, 7) is 2.75. The summed E-state index contributed by atoms with van der Waals surface area (Å²) in [5, 5.41) is 8.69. The number of halogens is 1. The molecule has 1 aliphatic carbocycles. The molecule has 1 aromatic carbocycles. The molecule has 0 saturated carbocycles. The van der Waals surface area contributed by atoms with Gasteiger partial charge in [-0.05, 0) is 73.4 Å². The van der Waals surface area contributed by atoms with Crippen molar-refractivity contribution in [3.63, 3.8) is 0 Å². The summed E-state index contributed by atoms with van der Waals surface area (Å²) in [4.78, 5) is 4.82. The zero-order valence-corrected chi connectivity index (χ0v) is 21.5. The SMILES string of the molecule is Cc1ccnc(C[C@]23Cc4cnn(-c5ccc(F)cc5)c4C=C2CCN(S(=O)(=O)c2cnn(C)c2)C3)c1. The molecular formula is C27H27FN6O2S. The summed E-state index contributed by atoms with van der Waals surface area (Å²) < 4.78 is 45.6. The predicted molar refractivity (Wildman–Crippen MR) is 137 cm³/mol. The second kappa shape index (κ2) is 8.74. The van der Waals surface area contributed by atoms with Crippen LogP contribution in [0.2, 0.25) is 0 Å². The van der Waals surface area contributed by atoms with Gasteiger partial charge in [0.15, 0.2) is 0 Å². The molecule has 6 rings (SSSR count). The molecule has 1 atom stereocenters. The Balaban J connectivity index is 1.42. The lowest BCUT2D eigenvalue weighted by atomic mass is 9.66. The van der Waals surface area contributed by atoms with E-state index in [0.717, 1.165) is 28.2 Å². The summed E-state index contributed by atoms with van der Waals surface area (Å²) in [6, 6.07) is 10.3. The van der Waals surface area contributed by atoms with Gasteiger partial charge < -0.3 is 0 Å². The van der Waals surface area contributed by atoms with Crippen LogP contribution in [-0.2, 0) is 29.9 Å². The van der Waals surface area contributed by atoms with E-state index in [2.05, 4.69) is 27.3 Å². The highest BCUT2D eigenvalue weighted by atomic mass is 32.2. The van der Waals surface area contributed by atoms with Crippen LogP contribution in [0.5, 0.6) is 0 Å². The van der Waals surface area contributed by atoms with E-state index < -0.39 is 15.4 Å². The van der Waals surface area contributed by atoms with E-state index >= 15 is 0 Å². The Kier molecular flexibility index (Phi) is 5.61. The molecule has 3 aromatic heterocycles. The van der Waals surface area contributed by atoms with Gasteiger partial charge in [0.25, 0.3) is 0 Å². The van der Waals surface area contributed by atoms with E-state index in [1.54, 1.807) is 35.9 Å². The van der Waals surface area contributed by atoms with Crippen molar-refractivity contribution in [3.8, 4) is 5.69 Å². The standard InChI is InChI=1S/C27H27FN6O2S/c1-19-7-9-29-23(11-19)14-27-13-20-15-31-34(24-5-3-22(28)4-6-24)26(20)12-21(27)8-10-33(18-27)37(35,36)25-16-30-32(2)17-25/h3-7,9,11-12,15-17H,8,10,13-14,18H2,1-2H3/t27-/m0/s1. The van der Waals surface area contributed by atoms with Crippen LogP contribution >= 0.6 is 0 Å². The van der Waals surface area contributed by atoms with E-state index in [9.17, 15) is 12.8 Å². The fourth-order valence-corrected chi connectivity index (χ4v) is 7.10. The van der Waals surface area contributed by atoms with E-state index in [0.29, 0.717) is 32.4 Å². The second-order valence-electron chi connectivity index (χ2n) is 10.0. The Morgan fingerprint density at radius 3 is 2.65 bits per heavy atom. The van der Waals surface area contributed by atoms with E-state index in [1.165, 1.54) is 28.6 Å². The topological polar surface area (TPSA) is 85.9 Å². The summed E-state index contributed by atoms with van der Waals surface area (Å²) in [5.41, 5.74) is 5.54. The van der Waals surface area contributed by atoms with Crippen LogP contribution in [0.3, 0.4) is 0 Å². The first-order chi connectivity index (χ1) is 17.7. The lowest BCUT2D eigenvalue weighted by Gasteiger charge is -2.46. The summed E-state index contributed by atoms with van der Waals surface area (Å²) in [5.74, 6) is -0.296. The Bertz CT molecular complexity index is 1620. The monoisotopic (exact) mass is 518 g/mol. The zero-order chi connectivity index (χ0) is 25.8. The van der Waals surface area contributed by atoms with Crippen LogP contribution in [0.15, 0.2) is 71.7 Å². The molecule has 8 nitrogen and oxygen atoms in total. The number of benzene rings is 1. The van der Waals surface area contributed by atoms with Crippen molar-refractivity contribution in [1.29, 1.82) is 0 Å². The fraction of sp³-hybridized carbons (Fsp3) is 0.296. The zero-order valence-electron chi connectivity index (χ0n) is 20.7. The highest BCUT2D eigenvalue weighted by Crippen LogP contribution is 2.47. The number of hydrogen-bond acceptors (Lipinski definition) is 5. The Morgan fingerprint density at radius 1 is 1.11 bits per heavy atom. The van der Waals surface area contributed by atoms with Gasteiger partial charge >= 0.3 is 0 Å². The Labute approximate surface area is 215 Å². The smallest absolute Gasteiger partial charge is 0.246 e. The molecule has 0 N–H and O–H groups in total. The van der Waals surface area contributed by atoms with Crippen molar-refractivity contribution in [2.75, 3.05) is 13.1 Å². The molecule has 1 fully saturated rings. The van der Waals surface area contributed by atoms with Gasteiger partial charge in [-0.25, -0.2) is 17.5 Å². The first-order valence-electron chi connectivity index (χ1n) is 12.2. The van der Waals surface area contributed by atoms with Gasteiger partial charge in [-0.15, -0.1) is 0 Å². The maximum Gasteiger partial charge on any atom is 0.246 e. The van der Waals surface area contributed by atoms with Crippen LogP contribution < -0.4 is 0 Å². The molecule has 0 unspecified atom stereocenters. The van der Waals surface area contributed by atoms with Crippen LogP contribution in [0.4, 0.5) is 4.39 Å². The molecule has 4 heterocycles. The quantitative estimate of drug-likeness (QED) is 0.402. The number of aromatic nitrogens is 5. The average Bonchev–Trinajstić information content (AvgIpc) is 3.49. The van der Waals surface area contributed by atoms with E-state index in [4.69, 9.17) is 0 Å². The van der Waals surface area contributed by atoms with Gasteiger partial charge in [0, 0.05) is 50.1 Å². The number of sulfonamides is 1. The molecule has 0 spiro atoms. The fourth-order valence-electron chi connectivity index (χ4n) is 5.58. The van der Waals surface area contributed by atoms with Gasteiger partial charge in [-0.3, -0.25) is 9.67 Å². The highest BCUT2D eigenvalue weighted by molar-refractivity contribution is 7.89. The lowest BCUT2D eigenvalue weighted by Crippen LogP contribution is -2.50. The molecule has 1 aliphatic heterocycles. The third-order valence-electron chi connectivity index (χ3n) is 7.40. The highest BCUT2D eigenvalue weighted by Gasteiger charge is 2.46. The molecular weight excluding hydrogens is 491 g/mol. The molecule has 0 radical (unpaired) electrons. The number of rotatable bonds is 5. The van der Waals surface area contributed by atoms with Crippen LogP contribution in [-0.4, -0.2) is 50.4 Å². The molecule has 10 heteroatoms. The van der Waals surface area contributed by atoms with Gasteiger partial charge in [0.2, 0.25) is 10.0 Å². The number of pyridine rings is 1. The van der Waals surface area contributed by atoms with Crippen LogP contribution in [0.25, 0.3) is 11.8 Å². The number of fused-ring (bicyclic) bond motifs is 2. The van der Waals surface area contributed by atoms with Crippen LogP contribution in [0.1, 0.15) is 28.9 Å². The molecule has 190 valence electrons. The molecule has 0 bridgehead atoms. The van der Waals surface area contributed by atoms with Crippen LogP contribution in [0, 0.1) is 18.2 Å². The largest absolute Gasteiger partial charge is 0.274 e. The minimum Gasteiger partial charge on any atom is -0.274 e. The Hall–Kier alpha value is -3.63. The van der Waals surface area contributed by atoms with E-state index in [-0.39, 0.29) is 10.7 Å². The average molecular weight is 519 g/mol. The lowest BCUT2D eigenvalue weighted by molar-refractivity contribution is 0.208.